The van der Waals surface area contributed by atoms with Gasteiger partial charge >= 0.3 is 0 Å². The Morgan fingerprint density at radius 3 is 1.28 bits per heavy atom. The maximum absolute atomic E-state index is 5.72. The first-order valence-corrected chi connectivity index (χ1v) is 12.7. The summed E-state index contributed by atoms with van der Waals surface area (Å²) in [6.45, 7) is 17.3. The van der Waals surface area contributed by atoms with E-state index in [1.165, 1.54) is 51.9 Å². The quantitative estimate of drug-likeness (QED) is 0.241. The van der Waals surface area contributed by atoms with Crippen molar-refractivity contribution in [2.75, 3.05) is 105 Å². The molecule has 2 aliphatic heterocycles. The Labute approximate surface area is 195 Å². The molecular formula is C24H48N2O6. The minimum absolute atomic E-state index is 0.0601. The molecule has 2 unspecified atom stereocenters. The minimum atomic E-state index is 0.0601. The molecule has 0 aliphatic carbocycles. The third kappa shape index (κ3) is 14.8. The molecule has 2 rings (SSSR count). The number of nitrogens with zero attached hydrogens (tertiary/aromatic N) is 2. The fourth-order valence-corrected chi connectivity index (χ4v) is 3.93. The van der Waals surface area contributed by atoms with Gasteiger partial charge in [0.1, 0.15) is 0 Å². The van der Waals surface area contributed by atoms with Gasteiger partial charge in [-0.15, -0.1) is 0 Å². The number of hydrogen-bond acceptors (Lipinski definition) is 8. The summed E-state index contributed by atoms with van der Waals surface area (Å²) in [6.07, 6.45) is 5.43. The fraction of sp³-hybridized carbons (Fsp3) is 1.00. The van der Waals surface area contributed by atoms with Gasteiger partial charge in [-0.05, 0) is 65.7 Å². The second-order valence-electron chi connectivity index (χ2n) is 8.83. The van der Waals surface area contributed by atoms with Gasteiger partial charge in [0.25, 0.3) is 0 Å². The molecule has 2 fully saturated rings. The van der Waals surface area contributed by atoms with Crippen molar-refractivity contribution in [2.24, 2.45) is 0 Å². The molecule has 32 heavy (non-hydrogen) atoms. The van der Waals surface area contributed by atoms with Crippen LogP contribution in [0.2, 0.25) is 0 Å². The van der Waals surface area contributed by atoms with Gasteiger partial charge in [-0.1, -0.05) is 0 Å². The van der Waals surface area contributed by atoms with Gasteiger partial charge in [0.05, 0.1) is 78.3 Å². The Hall–Kier alpha value is -0.320. The van der Waals surface area contributed by atoms with Gasteiger partial charge in [-0.25, -0.2) is 0 Å². The van der Waals surface area contributed by atoms with Crippen LogP contribution in [-0.4, -0.2) is 127 Å². The summed E-state index contributed by atoms with van der Waals surface area (Å²) in [5.74, 6) is 0. The number of ether oxygens (including phenoxy) is 6. The Morgan fingerprint density at radius 2 is 0.875 bits per heavy atom. The molecule has 0 aromatic heterocycles. The average molecular weight is 461 g/mol. The second kappa shape index (κ2) is 19.0. The van der Waals surface area contributed by atoms with Crippen LogP contribution in [0.3, 0.4) is 0 Å². The lowest BCUT2D eigenvalue weighted by molar-refractivity contribution is -0.0570. The lowest BCUT2D eigenvalue weighted by Crippen LogP contribution is -2.25. The monoisotopic (exact) mass is 460 g/mol. The third-order valence-electron chi connectivity index (χ3n) is 5.84. The zero-order valence-corrected chi connectivity index (χ0v) is 20.6. The molecule has 2 atom stereocenters. The average Bonchev–Trinajstić information content (AvgIpc) is 3.50. The van der Waals surface area contributed by atoms with Crippen LogP contribution in [0.1, 0.15) is 39.5 Å². The summed E-state index contributed by atoms with van der Waals surface area (Å²) in [7, 11) is 0. The summed E-state index contributed by atoms with van der Waals surface area (Å²) in [4.78, 5) is 4.91. The van der Waals surface area contributed by atoms with Crippen LogP contribution in [-0.2, 0) is 28.4 Å². The van der Waals surface area contributed by atoms with Crippen molar-refractivity contribution < 1.29 is 28.4 Å². The van der Waals surface area contributed by atoms with Crippen molar-refractivity contribution >= 4 is 0 Å². The molecule has 8 nitrogen and oxygen atoms in total. The number of rotatable bonds is 21. The summed E-state index contributed by atoms with van der Waals surface area (Å²) >= 11 is 0. The van der Waals surface area contributed by atoms with Crippen molar-refractivity contribution in [2.45, 2.75) is 51.7 Å². The van der Waals surface area contributed by atoms with Crippen LogP contribution in [0.25, 0.3) is 0 Å². The first-order chi connectivity index (χ1) is 15.7. The molecule has 8 heteroatoms. The Bertz CT molecular complexity index is 381. The summed E-state index contributed by atoms with van der Waals surface area (Å²) in [6, 6.07) is 0. The largest absolute Gasteiger partial charge is 0.378 e. The van der Waals surface area contributed by atoms with Crippen molar-refractivity contribution in [3.8, 4) is 0 Å². The van der Waals surface area contributed by atoms with Gasteiger partial charge in [0, 0.05) is 13.1 Å². The van der Waals surface area contributed by atoms with E-state index in [4.69, 9.17) is 28.4 Å². The molecule has 0 bridgehead atoms. The highest BCUT2D eigenvalue weighted by atomic mass is 16.6. The summed E-state index contributed by atoms with van der Waals surface area (Å²) < 4.78 is 34.0. The molecule has 0 amide bonds. The first-order valence-electron chi connectivity index (χ1n) is 12.7. The van der Waals surface area contributed by atoms with E-state index in [1.54, 1.807) is 0 Å². The highest BCUT2D eigenvalue weighted by Gasteiger charge is 2.11. The smallest absolute Gasteiger partial charge is 0.0781 e. The van der Waals surface area contributed by atoms with Crippen LogP contribution in [0.5, 0.6) is 0 Å². The molecule has 2 heterocycles. The van der Waals surface area contributed by atoms with E-state index in [2.05, 4.69) is 9.80 Å². The van der Waals surface area contributed by atoms with Gasteiger partial charge in [0.2, 0.25) is 0 Å². The van der Waals surface area contributed by atoms with E-state index in [0.29, 0.717) is 52.9 Å². The second-order valence-corrected chi connectivity index (χ2v) is 8.83. The van der Waals surface area contributed by atoms with Crippen molar-refractivity contribution in [3.63, 3.8) is 0 Å². The molecule has 0 spiro atoms. The lowest BCUT2D eigenvalue weighted by Gasteiger charge is -2.16. The predicted octanol–water partition coefficient (Wildman–Crippen LogP) is 2.05. The highest BCUT2D eigenvalue weighted by molar-refractivity contribution is 4.65. The van der Waals surface area contributed by atoms with E-state index >= 15 is 0 Å². The van der Waals surface area contributed by atoms with Crippen LogP contribution in [0.15, 0.2) is 0 Å². The van der Waals surface area contributed by atoms with Crippen LogP contribution in [0.4, 0.5) is 0 Å². The van der Waals surface area contributed by atoms with E-state index in [0.717, 1.165) is 26.3 Å². The van der Waals surface area contributed by atoms with E-state index < -0.39 is 0 Å². The van der Waals surface area contributed by atoms with Crippen LogP contribution >= 0.6 is 0 Å². The number of likely N-dealkylation sites (tertiary alicyclic amines) is 2. The standard InChI is InChI=1S/C24H48N2O6/c1-23(31-19-17-27-13-11-25-7-3-4-8-25)21-29-15-16-30-22-24(2)32-20-18-28-14-12-26-9-5-6-10-26/h23-24H,3-22H2,1-2H3. The van der Waals surface area contributed by atoms with Gasteiger partial charge in [-0.2, -0.15) is 0 Å². The van der Waals surface area contributed by atoms with Gasteiger partial charge in [-0.3, -0.25) is 0 Å². The minimum Gasteiger partial charge on any atom is -0.378 e. The Kier molecular flexibility index (Phi) is 16.6. The normalized spacial score (nSPS) is 19.7. The SMILES string of the molecule is CC(COCCOCC(C)OCCOCCN1CCCC1)OCCOCCN1CCCC1. The number of hydrogen-bond donors (Lipinski definition) is 0. The third-order valence-corrected chi connectivity index (χ3v) is 5.84. The molecule has 0 N–H and O–H groups in total. The molecule has 0 saturated carbocycles. The molecule has 190 valence electrons. The van der Waals surface area contributed by atoms with E-state index in [9.17, 15) is 0 Å². The molecule has 2 aliphatic rings. The fourth-order valence-electron chi connectivity index (χ4n) is 3.93. The summed E-state index contributed by atoms with van der Waals surface area (Å²) in [5, 5.41) is 0. The Balaban J connectivity index is 1.26. The van der Waals surface area contributed by atoms with Crippen molar-refractivity contribution in [1.82, 2.24) is 9.80 Å². The molecule has 0 aromatic carbocycles. The predicted molar refractivity (Wildman–Crippen MR) is 125 cm³/mol. The zero-order chi connectivity index (χ0) is 22.7. The van der Waals surface area contributed by atoms with Crippen LogP contribution < -0.4 is 0 Å². The maximum Gasteiger partial charge on any atom is 0.0781 e. The van der Waals surface area contributed by atoms with Crippen molar-refractivity contribution in [3.05, 3.63) is 0 Å². The van der Waals surface area contributed by atoms with Crippen molar-refractivity contribution in [1.29, 1.82) is 0 Å². The highest BCUT2D eigenvalue weighted by Crippen LogP contribution is 2.06. The zero-order valence-electron chi connectivity index (χ0n) is 20.6. The summed E-state index contributed by atoms with van der Waals surface area (Å²) in [5.41, 5.74) is 0. The van der Waals surface area contributed by atoms with Gasteiger partial charge < -0.3 is 38.2 Å². The van der Waals surface area contributed by atoms with Gasteiger partial charge in [0.15, 0.2) is 0 Å². The topological polar surface area (TPSA) is 61.9 Å². The van der Waals surface area contributed by atoms with E-state index in [-0.39, 0.29) is 12.2 Å². The lowest BCUT2D eigenvalue weighted by atomic mass is 10.4. The van der Waals surface area contributed by atoms with Crippen LogP contribution in [0, 0.1) is 0 Å². The molecule has 0 aromatic rings. The maximum atomic E-state index is 5.72. The van der Waals surface area contributed by atoms with E-state index in [1.807, 2.05) is 13.8 Å². The molecule has 2 saturated heterocycles. The Morgan fingerprint density at radius 1 is 0.500 bits per heavy atom. The molecule has 0 radical (unpaired) electrons. The molecular weight excluding hydrogens is 412 g/mol. The first kappa shape index (κ1) is 27.9.